The molecule has 3 atom stereocenters. The van der Waals surface area contributed by atoms with Gasteiger partial charge in [0.15, 0.2) is 5.78 Å². The van der Waals surface area contributed by atoms with Gasteiger partial charge in [0, 0.05) is 0 Å². The molecule has 1 aromatic heterocycles. The largest absolute Gasteiger partial charge is 0.468 e. The van der Waals surface area contributed by atoms with Gasteiger partial charge in [0.25, 0.3) is 0 Å². The van der Waals surface area contributed by atoms with Crippen molar-refractivity contribution in [2.24, 2.45) is 5.92 Å². The van der Waals surface area contributed by atoms with Crippen LogP contribution in [0, 0.1) is 5.92 Å². The first-order chi connectivity index (χ1) is 19.4. The molecule has 0 saturated heterocycles. The number of Topliss-reactive ketones (excluding diaryl/α,β-unsaturated/α-hetero) is 1. The van der Waals surface area contributed by atoms with E-state index in [4.69, 9.17) is 9.15 Å². The highest BCUT2D eigenvalue weighted by molar-refractivity contribution is 7.99. The summed E-state index contributed by atoms with van der Waals surface area (Å²) in [5, 5.41) is 5.71. The number of carbonyl (C=O) groups excluding carboxylic acids is 3. The maximum atomic E-state index is 13.5. The lowest BCUT2D eigenvalue weighted by atomic mass is 9.88. The van der Waals surface area contributed by atoms with Crippen LogP contribution in [-0.4, -0.2) is 35.6 Å². The third-order valence-corrected chi connectivity index (χ3v) is 7.56. The summed E-state index contributed by atoms with van der Waals surface area (Å²) in [6.07, 6.45) is 2.65. The SMILES string of the molecule is CCC(C[C@H](NC(=O)[C@@H](CC(C)C)NC(=O)OCc1ccccc1)C(=O)CSCc1ccco1)c1ccccc1. The van der Waals surface area contributed by atoms with Crippen LogP contribution < -0.4 is 10.6 Å². The Hall–Kier alpha value is -3.52. The van der Waals surface area contributed by atoms with E-state index in [1.807, 2.05) is 74.5 Å². The van der Waals surface area contributed by atoms with Crippen LogP contribution in [-0.2, 0) is 26.7 Å². The van der Waals surface area contributed by atoms with E-state index in [-0.39, 0.29) is 35.9 Å². The van der Waals surface area contributed by atoms with Crippen LogP contribution in [0.1, 0.15) is 62.8 Å². The minimum absolute atomic E-state index is 0.0609. The number of hydrogen-bond donors (Lipinski definition) is 2. The van der Waals surface area contributed by atoms with Crippen molar-refractivity contribution in [1.29, 1.82) is 0 Å². The molecular weight excluding hydrogens is 524 g/mol. The predicted molar refractivity (Wildman–Crippen MR) is 159 cm³/mol. The summed E-state index contributed by atoms with van der Waals surface area (Å²) >= 11 is 1.45. The van der Waals surface area contributed by atoms with E-state index in [9.17, 15) is 14.4 Å². The summed E-state index contributed by atoms with van der Waals surface area (Å²) in [4.78, 5) is 39.6. The van der Waals surface area contributed by atoms with Gasteiger partial charge in [-0.15, -0.1) is 11.8 Å². The smallest absolute Gasteiger partial charge is 0.408 e. The molecule has 0 aliphatic heterocycles. The minimum atomic E-state index is -0.828. The Morgan fingerprint density at radius 2 is 1.57 bits per heavy atom. The first-order valence-corrected chi connectivity index (χ1v) is 15.0. The summed E-state index contributed by atoms with van der Waals surface area (Å²) in [7, 11) is 0. The average molecular weight is 565 g/mol. The Morgan fingerprint density at radius 1 is 0.875 bits per heavy atom. The summed E-state index contributed by atoms with van der Waals surface area (Å²) in [5.74, 6) is 1.38. The number of alkyl carbamates (subject to hydrolysis) is 1. The van der Waals surface area contributed by atoms with Crippen LogP contribution in [0.5, 0.6) is 0 Å². The van der Waals surface area contributed by atoms with Gasteiger partial charge in [0.2, 0.25) is 5.91 Å². The molecular formula is C32H40N2O5S. The number of hydrogen-bond acceptors (Lipinski definition) is 6. The molecule has 0 bridgehead atoms. The maximum Gasteiger partial charge on any atom is 0.408 e. The Morgan fingerprint density at radius 3 is 2.20 bits per heavy atom. The third kappa shape index (κ3) is 10.6. The molecule has 0 saturated carbocycles. The quantitative estimate of drug-likeness (QED) is 0.206. The molecule has 3 aromatic rings. The third-order valence-electron chi connectivity index (χ3n) is 6.59. The number of amides is 2. The van der Waals surface area contributed by atoms with Gasteiger partial charge in [-0.25, -0.2) is 4.79 Å². The summed E-state index contributed by atoms with van der Waals surface area (Å²) in [6.45, 7) is 6.14. The van der Waals surface area contributed by atoms with E-state index in [1.54, 1.807) is 6.26 Å². The van der Waals surface area contributed by atoms with Crippen LogP contribution in [0.15, 0.2) is 83.5 Å². The van der Waals surface area contributed by atoms with Gasteiger partial charge in [0.1, 0.15) is 18.4 Å². The molecule has 0 aliphatic carbocycles. The van der Waals surface area contributed by atoms with E-state index < -0.39 is 18.2 Å². The van der Waals surface area contributed by atoms with E-state index in [0.717, 1.165) is 23.3 Å². The van der Waals surface area contributed by atoms with Gasteiger partial charge in [-0.3, -0.25) is 9.59 Å². The highest BCUT2D eigenvalue weighted by atomic mass is 32.2. The van der Waals surface area contributed by atoms with E-state index >= 15 is 0 Å². The lowest BCUT2D eigenvalue weighted by Crippen LogP contribution is -2.52. The molecule has 0 radical (unpaired) electrons. The molecule has 3 rings (SSSR count). The van der Waals surface area contributed by atoms with Crippen molar-refractivity contribution in [3.8, 4) is 0 Å². The number of nitrogens with one attached hydrogen (secondary N) is 2. The molecule has 0 aliphatic rings. The van der Waals surface area contributed by atoms with Gasteiger partial charge in [-0.05, 0) is 54.4 Å². The zero-order chi connectivity index (χ0) is 28.7. The number of benzene rings is 2. The molecule has 0 fully saturated rings. The van der Waals surface area contributed by atoms with Crippen molar-refractivity contribution in [3.63, 3.8) is 0 Å². The highest BCUT2D eigenvalue weighted by Crippen LogP contribution is 2.26. The van der Waals surface area contributed by atoms with Crippen molar-refractivity contribution in [1.82, 2.24) is 10.6 Å². The molecule has 2 amide bonds. The molecule has 8 heteroatoms. The normalized spacial score (nSPS) is 13.3. The van der Waals surface area contributed by atoms with Crippen LogP contribution in [0.4, 0.5) is 4.79 Å². The van der Waals surface area contributed by atoms with Crippen molar-refractivity contribution in [2.45, 2.75) is 70.4 Å². The first kappa shape index (κ1) is 31.0. The van der Waals surface area contributed by atoms with E-state index in [0.29, 0.717) is 18.6 Å². The van der Waals surface area contributed by atoms with Gasteiger partial charge in [-0.2, -0.15) is 0 Å². The molecule has 40 heavy (non-hydrogen) atoms. The van der Waals surface area contributed by atoms with Crippen molar-refractivity contribution in [3.05, 3.63) is 95.9 Å². The molecule has 1 unspecified atom stereocenters. The monoisotopic (exact) mass is 564 g/mol. The number of carbonyl (C=O) groups is 3. The Kier molecular flexibility index (Phi) is 12.8. The second-order valence-corrected chi connectivity index (χ2v) is 11.2. The standard InChI is InChI=1S/C32H40N2O5S/c1-4-25(26-14-9-6-10-15-26)19-28(30(35)22-40-21-27-16-11-17-38-27)33-31(36)29(18-23(2)3)34-32(37)39-20-24-12-7-5-8-13-24/h5-17,23,25,28-29H,4,18-22H2,1-3H3,(H,33,36)(H,34,37)/t25?,28-,29+/m0/s1. The molecule has 2 N–H and O–H groups in total. The molecule has 2 aromatic carbocycles. The second-order valence-electron chi connectivity index (χ2n) is 10.2. The molecule has 1 heterocycles. The lowest BCUT2D eigenvalue weighted by molar-refractivity contribution is -0.128. The number of ether oxygens (including phenoxy) is 1. The maximum absolute atomic E-state index is 13.5. The lowest BCUT2D eigenvalue weighted by Gasteiger charge is -2.26. The van der Waals surface area contributed by atoms with Crippen molar-refractivity contribution >= 4 is 29.5 Å². The van der Waals surface area contributed by atoms with Gasteiger partial charge in [0.05, 0.1) is 23.8 Å². The van der Waals surface area contributed by atoms with Gasteiger partial charge >= 0.3 is 6.09 Å². The number of rotatable bonds is 16. The zero-order valence-corrected chi connectivity index (χ0v) is 24.3. The predicted octanol–water partition coefficient (Wildman–Crippen LogP) is 6.49. The van der Waals surface area contributed by atoms with Crippen LogP contribution in [0.2, 0.25) is 0 Å². The Labute approximate surface area is 241 Å². The fourth-order valence-electron chi connectivity index (χ4n) is 4.45. The number of thioether (sulfide) groups is 1. The van der Waals surface area contributed by atoms with Gasteiger partial charge in [-0.1, -0.05) is 81.4 Å². The molecule has 214 valence electrons. The highest BCUT2D eigenvalue weighted by Gasteiger charge is 2.29. The van der Waals surface area contributed by atoms with Crippen LogP contribution >= 0.6 is 11.8 Å². The summed E-state index contributed by atoms with van der Waals surface area (Å²) in [5.41, 5.74) is 1.98. The molecule has 0 spiro atoms. The van der Waals surface area contributed by atoms with Crippen molar-refractivity contribution in [2.75, 3.05) is 5.75 Å². The van der Waals surface area contributed by atoms with Gasteiger partial charge < -0.3 is 19.8 Å². The summed E-state index contributed by atoms with van der Waals surface area (Å²) in [6, 6.07) is 21.6. The van der Waals surface area contributed by atoms with Crippen molar-refractivity contribution < 1.29 is 23.5 Å². The number of furan rings is 1. The first-order valence-electron chi connectivity index (χ1n) is 13.8. The fraction of sp³-hybridized carbons (Fsp3) is 0.406. The van der Waals surface area contributed by atoms with E-state index in [2.05, 4.69) is 29.7 Å². The Bertz CT molecular complexity index is 1170. The summed E-state index contributed by atoms with van der Waals surface area (Å²) < 4.78 is 10.7. The Balaban J connectivity index is 1.69. The fourth-order valence-corrected chi connectivity index (χ4v) is 5.32. The minimum Gasteiger partial charge on any atom is -0.468 e. The van der Waals surface area contributed by atoms with E-state index in [1.165, 1.54) is 11.8 Å². The topological polar surface area (TPSA) is 97.6 Å². The van der Waals surface area contributed by atoms with Crippen LogP contribution in [0.25, 0.3) is 0 Å². The average Bonchev–Trinajstić information content (AvgIpc) is 3.48. The van der Waals surface area contributed by atoms with Crippen LogP contribution in [0.3, 0.4) is 0 Å². The molecule has 7 nitrogen and oxygen atoms in total. The number of ketones is 1. The second kappa shape index (κ2) is 16.6. The zero-order valence-electron chi connectivity index (χ0n) is 23.5.